The van der Waals surface area contributed by atoms with Crippen molar-refractivity contribution >= 4 is 22.6 Å². The summed E-state index contributed by atoms with van der Waals surface area (Å²) in [6.07, 6.45) is 1.81. The zero-order chi connectivity index (χ0) is 21.7. The van der Waals surface area contributed by atoms with E-state index in [2.05, 4.69) is 17.1 Å². The number of carbonyl (C=O) groups is 1. The molecule has 3 atom stereocenters. The second-order valence-corrected chi connectivity index (χ2v) is 8.62. The first-order valence-electron chi connectivity index (χ1n) is 10.3. The Morgan fingerprint density at radius 3 is 2.60 bits per heavy atom. The van der Waals surface area contributed by atoms with Crippen molar-refractivity contribution in [3.8, 4) is 0 Å². The number of hydrogen-bond donors (Lipinski definition) is 4. The van der Waals surface area contributed by atoms with Crippen molar-refractivity contribution in [1.29, 1.82) is 0 Å². The lowest BCUT2D eigenvalue weighted by Gasteiger charge is -2.25. The smallest absolute Gasteiger partial charge is 0.350 e. The number of hydrogen-bond acceptors (Lipinski definition) is 6. The lowest BCUT2D eigenvalue weighted by atomic mass is 9.91. The van der Waals surface area contributed by atoms with Gasteiger partial charge in [0.25, 0.3) is 5.56 Å². The number of benzene rings is 1. The number of nitrogen functional groups attached to an aromatic ring is 1. The molecule has 0 spiro atoms. The van der Waals surface area contributed by atoms with Gasteiger partial charge in [0.05, 0.1) is 10.9 Å². The molecule has 10 nitrogen and oxygen atoms in total. The molecule has 7 N–H and O–H groups in total. The normalized spacial score (nSPS) is 22.4. The largest absolute Gasteiger partial charge is 0.371 e. The van der Waals surface area contributed by atoms with Crippen LogP contribution >= 0.6 is 0 Å². The van der Waals surface area contributed by atoms with Gasteiger partial charge in [-0.3, -0.25) is 9.36 Å². The highest BCUT2D eigenvalue weighted by Gasteiger charge is 2.35. The average Bonchev–Trinajstić information content (AvgIpc) is 3.46. The molecule has 2 aromatic rings. The second kappa shape index (κ2) is 7.35. The molecule has 1 aromatic carbocycles. The maximum absolute atomic E-state index is 12.7. The van der Waals surface area contributed by atoms with Crippen LogP contribution in [-0.2, 0) is 0 Å². The summed E-state index contributed by atoms with van der Waals surface area (Å²) < 4.78 is 2.38. The maximum atomic E-state index is 12.7. The number of nitrogens with zero attached hydrogens (tertiary/aromatic N) is 3. The number of nitrogens with two attached hydrogens (primary N) is 3. The molecule has 162 valence electrons. The fraction of sp³-hybridized carbons (Fsp3) is 0.550. The summed E-state index contributed by atoms with van der Waals surface area (Å²) in [4.78, 5) is 38.6. The minimum atomic E-state index is -0.582. The highest BCUT2D eigenvalue weighted by molar-refractivity contribution is 5.87. The van der Waals surface area contributed by atoms with Crippen molar-refractivity contribution in [3.05, 3.63) is 38.5 Å². The molecule has 0 radical (unpaired) electrons. The van der Waals surface area contributed by atoms with E-state index in [1.165, 1.54) is 0 Å². The molecule has 1 saturated carbocycles. The van der Waals surface area contributed by atoms with E-state index in [4.69, 9.17) is 17.3 Å². The first-order valence-corrected chi connectivity index (χ1v) is 10.3. The van der Waals surface area contributed by atoms with E-state index in [-0.39, 0.29) is 18.0 Å². The van der Waals surface area contributed by atoms with E-state index < -0.39 is 17.3 Å². The van der Waals surface area contributed by atoms with Gasteiger partial charge in [0.15, 0.2) is 0 Å². The van der Waals surface area contributed by atoms with Crippen LogP contribution in [0.5, 0.6) is 0 Å². The summed E-state index contributed by atoms with van der Waals surface area (Å²) in [5, 5.41) is 3.04. The summed E-state index contributed by atoms with van der Waals surface area (Å²) in [5.74, 6) is 6.24. The lowest BCUT2D eigenvalue weighted by molar-refractivity contribution is 0.246. The molecule has 2 amide bonds. The summed E-state index contributed by atoms with van der Waals surface area (Å²) >= 11 is 0. The molecule has 0 unspecified atom stereocenters. The Bertz CT molecular complexity index is 1120. The number of aryl methyl sites for hydroxylation is 1. The van der Waals surface area contributed by atoms with Crippen LogP contribution in [-0.4, -0.2) is 41.0 Å². The molecule has 1 aromatic heterocycles. The standard InChI is InChI=1S/C20H29N7O3/c1-10-8-25(9-14(10)15(21)7-24-19(22)29)16-6-5-13-17(11(16)2)26(12-3-4-12)20(30)27(23)18(13)28/h5-6,10,12,14-15H,3-4,7-9,21,23H2,1-2H3,(H3,22,24,29)/t10-,14+,15-/m1/s1. The quantitative estimate of drug-likeness (QED) is 0.487. The molecule has 2 heterocycles. The van der Waals surface area contributed by atoms with Crippen LogP contribution in [0, 0.1) is 18.8 Å². The number of rotatable bonds is 5. The van der Waals surface area contributed by atoms with Crippen LogP contribution in [0.4, 0.5) is 10.5 Å². The van der Waals surface area contributed by atoms with Gasteiger partial charge in [0, 0.05) is 37.4 Å². The zero-order valence-electron chi connectivity index (χ0n) is 17.3. The number of carbonyl (C=O) groups excluding carboxylic acids is 1. The molecule has 4 rings (SSSR count). The third-order valence-electron chi connectivity index (χ3n) is 6.49. The topological polar surface area (TPSA) is 154 Å². The third-order valence-corrected chi connectivity index (χ3v) is 6.49. The number of aromatic nitrogens is 2. The fourth-order valence-electron chi connectivity index (χ4n) is 4.73. The molecule has 1 aliphatic heterocycles. The fourth-order valence-corrected chi connectivity index (χ4v) is 4.73. The molecule has 1 saturated heterocycles. The summed E-state index contributed by atoms with van der Waals surface area (Å²) in [6, 6.07) is 2.97. The Morgan fingerprint density at radius 1 is 1.27 bits per heavy atom. The third kappa shape index (κ3) is 3.30. The molecule has 2 aliphatic rings. The minimum Gasteiger partial charge on any atom is -0.371 e. The Hall–Kier alpha value is -3.01. The Labute approximate surface area is 173 Å². The van der Waals surface area contributed by atoms with Gasteiger partial charge in [0.2, 0.25) is 0 Å². The van der Waals surface area contributed by atoms with Gasteiger partial charge in [-0.1, -0.05) is 6.92 Å². The highest BCUT2D eigenvalue weighted by atomic mass is 16.2. The van der Waals surface area contributed by atoms with Gasteiger partial charge in [-0.05, 0) is 49.3 Å². The van der Waals surface area contributed by atoms with Gasteiger partial charge >= 0.3 is 11.7 Å². The predicted molar refractivity (Wildman–Crippen MR) is 116 cm³/mol. The van der Waals surface area contributed by atoms with Crippen LogP contribution in [0.25, 0.3) is 10.9 Å². The summed E-state index contributed by atoms with van der Waals surface area (Å²) in [6.45, 7) is 5.92. The number of primary amides is 1. The first kappa shape index (κ1) is 20.3. The second-order valence-electron chi connectivity index (χ2n) is 8.62. The van der Waals surface area contributed by atoms with E-state index in [1.54, 1.807) is 10.6 Å². The van der Waals surface area contributed by atoms with Gasteiger partial charge in [-0.15, -0.1) is 0 Å². The van der Waals surface area contributed by atoms with Crippen LogP contribution < -0.4 is 38.8 Å². The molecule has 0 bridgehead atoms. The molecule has 1 aliphatic carbocycles. The molecule has 10 heteroatoms. The molecule has 30 heavy (non-hydrogen) atoms. The Balaban J connectivity index is 1.72. The minimum absolute atomic E-state index is 0.0860. The number of nitrogens with one attached hydrogen (secondary N) is 1. The van der Waals surface area contributed by atoms with E-state index in [0.717, 1.165) is 37.2 Å². The highest BCUT2D eigenvalue weighted by Crippen LogP contribution is 2.38. The number of amides is 2. The molecule has 2 fully saturated rings. The molecular formula is C20H29N7O3. The van der Waals surface area contributed by atoms with Crippen molar-refractivity contribution < 1.29 is 4.79 Å². The van der Waals surface area contributed by atoms with Gasteiger partial charge in [0.1, 0.15) is 0 Å². The monoisotopic (exact) mass is 415 g/mol. The van der Waals surface area contributed by atoms with Crippen LogP contribution in [0.3, 0.4) is 0 Å². The van der Waals surface area contributed by atoms with Crippen LogP contribution in [0.15, 0.2) is 21.7 Å². The van der Waals surface area contributed by atoms with Crippen LogP contribution in [0.2, 0.25) is 0 Å². The van der Waals surface area contributed by atoms with E-state index in [1.807, 2.05) is 13.0 Å². The van der Waals surface area contributed by atoms with E-state index >= 15 is 0 Å². The zero-order valence-corrected chi connectivity index (χ0v) is 17.3. The number of anilines is 1. The van der Waals surface area contributed by atoms with Crippen molar-refractivity contribution in [2.24, 2.45) is 23.3 Å². The average molecular weight is 415 g/mol. The van der Waals surface area contributed by atoms with Gasteiger partial charge < -0.3 is 27.5 Å². The Morgan fingerprint density at radius 2 is 1.97 bits per heavy atom. The van der Waals surface area contributed by atoms with Crippen molar-refractivity contribution in [1.82, 2.24) is 14.6 Å². The lowest BCUT2D eigenvalue weighted by Crippen LogP contribution is -2.46. The van der Waals surface area contributed by atoms with Crippen molar-refractivity contribution in [3.63, 3.8) is 0 Å². The maximum Gasteiger partial charge on any atom is 0.350 e. The van der Waals surface area contributed by atoms with Crippen molar-refractivity contribution in [2.45, 2.75) is 38.8 Å². The number of urea groups is 1. The SMILES string of the molecule is Cc1c(N2C[C@H]([C@H](N)CNC(N)=O)[C@H](C)C2)ccc2c(=O)n(N)c(=O)n(C3CC3)c12. The summed E-state index contributed by atoms with van der Waals surface area (Å²) in [5.41, 5.74) is 13.1. The molecular weight excluding hydrogens is 386 g/mol. The van der Waals surface area contributed by atoms with E-state index in [0.29, 0.717) is 28.0 Å². The summed E-state index contributed by atoms with van der Waals surface area (Å²) in [7, 11) is 0. The van der Waals surface area contributed by atoms with Crippen LogP contribution in [0.1, 0.15) is 31.4 Å². The predicted octanol–water partition coefficient (Wildman–Crippen LogP) is -0.412. The van der Waals surface area contributed by atoms with Gasteiger partial charge in [-0.25, -0.2) is 9.59 Å². The van der Waals surface area contributed by atoms with Crippen molar-refractivity contribution in [2.75, 3.05) is 30.4 Å². The van der Waals surface area contributed by atoms with Gasteiger partial charge in [-0.2, -0.15) is 4.68 Å². The Kier molecular flexibility index (Phi) is 4.97. The number of fused-ring (bicyclic) bond motifs is 1. The first-order chi connectivity index (χ1) is 14.2. The van der Waals surface area contributed by atoms with E-state index in [9.17, 15) is 14.4 Å².